The lowest BCUT2D eigenvalue weighted by atomic mass is 9.51. The van der Waals surface area contributed by atoms with Gasteiger partial charge in [0.05, 0.1) is 0 Å². The Hall–Kier alpha value is -0.780. The molecule has 1 aromatic carbocycles. The highest BCUT2D eigenvalue weighted by atomic mass is 14.5. The second-order valence-corrected chi connectivity index (χ2v) is 4.87. The van der Waals surface area contributed by atoms with Gasteiger partial charge in [0.25, 0.3) is 0 Å². The fourth-order valence-corrected chi connectivity index (χ4v) is 3.03. The average molecular weight is 202 g/mol. The van der Waals surface area contributed by atoms with Gasteiger partial charge in [0, 0.05) is 0 Å². The topological polar surface area (TPSA) is 0 Å². The maximum Gasteiger partial charge on any atom is -0.0151 e. The number of rotatable bonds is 1. The molecule has 0 radical (unpaired) electrons. The van der Waals surface area contributed by atoms with Crippen LogP contribution in [0.2, 0.25) is 0 Å². The smallest absolute Gasteiger partial charge is 0.0151 e. The van der Waals surface area contributed by atoms with Crippen molar-refractivity contribution in [2.24, 2.45) is 5.41 Å². The third-order valence-corrected chi connectivity index (χ3v) is 4.04. The van der Waals surface area contributed by atoms with Crippen molar-refractivity contribution in [3.05, 3.63) is 35.9 Å². The molecule has 0 unspecified atom stereocenters. The Morgan fingerprint density at radius 3 is 2.07 bits per heavy atom. The summed E-state index contributed by atoms with van der Waals surface area (Å²) in [6.45, 7) is 4.00. The second kappa shape index (κ2) is 4.38. The minimum absolute atomic E-state index is 0.820. The molecule has 0 nitrogen and oxygen atoms in total. The van der Waals surface area contributed by atoms with Gasteiger partial charge in [-0.25, -0.2) is 0 Å². The van der Waals surface area contributed by atoms with Crippen LogP contribution in [0.5, 0.6) is 0 Å². The zero-order valence-electron chi connectivity index (χ0n) is 10.00. The van der Waals surface area contributed by atoms with Gasteiger partial charge in [0.15, 0.2) is 0 Å². The van der Waals surface area contributed by atoms with Crippen LogP contribution in [0.15, 0.2) is 30.3 Å². The summed E-state index contributed by atoms with van der Waals surface area (Å²) in [6.07, 6.45) is 7.45. The van der Waals surface area contributed by atoms with Crippen LogP contribution >= 0.6 is 0 Å². The largest absolute Gasteiger partial charge is 0.0683 e. The highest BCUT2D eigenvalue weighted by molar-refractivity contribution is 5.24. The van der Waals surface area contributed by atoms with E-state index < -0.39 is 0 Å². The minimum Gasteiger partial charge on any atom is -0.0683 e. The fourth-order valence-electron chi connectivity index (χ4n) is 3.03. The van der Waals surface area contributed by atoms with Crippen LogP contribution in [0.4, 0.5) is 0 Å². The Bertz CT molecular complexity index is 287. The molecule has 0 saturated heterocycles. The lowest BCUT2D eigenvalue weighted by Crippen LogP contribution is -2.41. The van der Waals surface area contributed by atoms with Crippen molar-refractivity contribution in [3.8, 4) is 0 Å². The standard InChI is InChI=1S/C13H16.C2H6/c1-2-5-11(6-3-1)12-9-13(10-12)7-4-8-13;1-2/h1-3,5-6,12H,4,7-10H2;1-2H3. The van der Waals surface area contributed by atoms with Crippen LogP contribution in [-0.4, -0.2) is 0 Å². The average Bonchev–Trinajstić information content (AvgIpc) is 2.18. The SMILES string of the molecule is CC.c1ccc(C2CC3(CCC3)C2)cc1. The van der Waals surface area contributed by atoms with E-state index in [-0.39, 0.29) is 0 Å². The lowest BCUT2D eigenvalue weighted by molar-refractivity contribution is 0.00901. The molecule has 2 aliphatic carbocycles. The molecule has 2 fully saturated rings. The van der Waals surface area contributed by atoms with Gasteiger partial charge in [0.1, 0.15) is 0 Å². The van der Waals surface area contributed by atoms with Gasteiger partial charge in [0.2, 0.25) is 0 Å². The van der Waals surface area contributed by atoms with Crippen LogP contribution in [0, 0.1) is 5.41 Å². The molecule has 1 spiro atoms. The van der Waals surface area contributed by atoms with E-state index in [2.05, 4.69) is 30.3 Å². The number of benzene rings is 1. The van der Waals surface area contributed by atoms with Gasteiger partial charge < -0.3 is 0 Å². The molecule has 0 aliphatic heterocycles. The van der Waals surface area contributed by atoms with Crippen LogP contribution in [0.1, 0.15) is 57.4 Å². The Morgan fingerprint density at radius 2 is 1.60 bits per heavy atom. The van der Waals surface area contributed by atoms with E-state index in [4.69, 9.17) is 0 Å². The molecule has 0 heterocycles. The lowest BCUT2D eigenvalue weighted by Gasteiger charge is -2.54. The molecule has 2 saturated carbocycles. The summed E-state index contributed by atoms with van der Waals surface area (Å²) in [5.41, 5.74) is 2.39. The van der Waals surface area contributed by atoms with E-state index >= 15 is 0 Å². The van der Waals surface area contributed by atoms with Crippen LogP contribution < -0.4 is 0 Å². The van der Waals surface area contributed by atoms with E-state index in [0.717, 1.165) is 11.3 Å². The Kier molecular flexibility index (Phi) is 3.14. The zero-order valence-corrected chi connectivity index (χ0v) is 10.00. The molecule has 0 amide bonds. The zero-order chi connectivity index (χ0) is 10.7. The molecule has 0 aromatic heterocycles. The van der Waals surface area contributed by atoms with Crippen molar-refractivity contribution >= 4 is 0 Å². The molecule has 0 atom stereocenters. The van der Waals surface area contributed by atoms with Crippen molar-refractivity contribution in [3.63, 3.8) is 0 Å². The van der Waals surface area contributed by atoms with E-state index in [1.165, 1.54) is 32.1 Å². The van der Waals surface area contributed by atoms with Gasteiger partial charge >= 0.3 is 0 Å². The van der Waals surface area contributed by atoms with Gasteiger partial charge in [-0.3, -0.25) is 0 Å². The molecule has 15 heavy (non-hydrogen) atoms. The molecule has 3 rings (SSSR count). The molecule has 0 N–H and O–H groups in total. The van der Waals surface area contributed by atoms with Crippen molar-refractivity contribution in [2.75, 3.05) is 0 Å². The summed E-state index contributed by atoms with van der Waals surface area (Å²) < 4.78 is 0. The monoisotopic (exact) mass is 202 g/mol. The quantitative estimate of drug-likeness (QED) is 0.616. The first-order chi connectivity index (χ1) is 7.38. The van der Waals surface area contributed by atoms with E-state index in [1.54, 1.807) is 5.56 Å². The summed E-state index contributed by atoms with van der Waals surface area (Å²) in [4.78, 5) is 0. The molecule has 0 heteroatoms. The highest BCUT2D eigenvalue weighted by Crippen LogP contribution is 2.61. The molecule has 2 aliphatic rings. The first-order valence-electron chi connectivity index (χ1n) is 6.43. The summed E-state index contributed by atoms with van der Waals surface area (Å²) in [7, 11) is 0. The second-order valence-electron chi connectivity index (χ2n) is 4.87. The molecule has 1 aromatic rings. The predicted octanol–water partition coefficient (Wildman–Crippen LogP) is 4.76. The summed E-state index contributed by atoms with van der Waals surface area (Å²) in [5, 5.41) is 0. The van der Waals surface area contributed by atoms with Crippen LogP contribution in [-0.2, 0) is 0 Å². The van der Waals surface area contributed by atoms with Crippen LogP contribution in [0.3, 0.4) is 0 Å². The molecular weight excluding hydrogens is 180 g/mol. The summed E-state index contributed by atoms with van der Waals surface area (Å²) >= 11 is 0. The third kappa shape index (κ3) is 1.95. The number of hydrogen-bond acceptors (Lipinski definition) is 0. The number of hydrogen-bond donors (Lipinski definition) is 0. The maximum atomic E-state index is 2.29. The Balaban J connectivity index is 0.000000404. The molecule has 0 bridgehead atoms. The molecular formula is C15H22. The maximum absolute atomic E-state index is 2.29. The van der Waals surface area contributed by atoms with Crippen molar-refractivity contribution in [1.82, 2.24) is 0 Å². The Morgan fingerprint density at radius 1 is 1.00 bits per heavy atom. The summed E-state index contributed by atoms with van der Waals surface area (Å²) in [5.74, 6) is 0.890. The van der Waals surface area contributed by atoms with E-state index in [9.17, 15) is 0 Å². The van der Waals surface area contributed by atoms with E-state index in [1.807, 2.05) is 13.8 Å². The normalized spacial score (nSPS) is 22.3. The first-order valence-corrected chi connectivity index (χ1v) is 6.43. The van der Waals surface area contributed by atoms with Gasteiger partial charge in [-0.1, -0.05) is 50.6 Å². The predicted molar refractivity (Wildman–Crippen MR) is 66.0 cm³/mol. The highest BCUT2D eigenvalue weighted by Gasteiger charge is 2.48. The Labute approximate surface area is 93.7 Å². The van der Waals surface area contributed by atoms with E-state index in [0.29, 0.717) is 0 Å². The minimum atomic E-state index is 0.820. The van der Waals surface area contributed by atoms with Crippen LogP contribution in [0.25, 0.3) is 0 Å². The van der Waals surface area contributed by atoms with Crippen molar-refractivity contribution < 1.29 is 0 Å². The van der Waals surface area contributed by atoms with Crippen molar-refractivity contribution in [2.45, 2.75) is 51.9 Å². The van der Waals surface area contributed by atoms with Gasteiger partial charge in [-0.2, -0.15) is 0 Å². The molecule has 82 valence electrons. The summed E-state index contributed by atoms with van der Waals surface area (Å²) in [6, 6.07) is 11.0. The third-order valence-electron chi connectivity index (χ3n) is 4.04. The fraction of sp³-hybridized carbons (Fsp3) is 0.600. The van der Waals surface area contributed by atoms with Gasteiger partial charge in [-0.15, -0.1) is 0 Å². The van der Waals surface area contributed by atoms with Crippen molar-refractivity contribution in [1.29, 1.82) is 0 Å². The van der Waals surface area contributed by atoms with Gasteiger partial charge in [-0.05, 0) is 42.6 Å². The first kappa shape index (κ1) is 10.7.